The molecule has 3 amide bonds. The van der Waals surface area contributed by atoms with E-state index < -0.39 is 11.6 Å². The van der Waals surface area contributed by atoms with Crippen molar-refractivity contribution in [2.45, 2.75) is 32.9 Å². The third-order valence-corrected chi connectivity index (χ3v) is 4.82. The van der Waals surface area contributed by atoms with Gasteiger partial charge in [-0.15, -0.1) is 0 Å². The van der Waals surface area contributed by atoms with Crippen molar-refractivity contribution >= 4 is 22.9 Å². The number of rotatable bonds is 3. The van der Waals surface area contributed by atoms with Crippen molar-refractivity contribution in [1.29, 1.82) is 0 Å². The molecule has 26 heavy (non-hydrogen) atoms. The number of carbonyl (C=O) groups excluding carboxylic acids is 2. The molecule has 3 aromatic rings. The normalized spacial score (nSPS) is 20.0. The van der Waals surface area contributed by atoms with Crippen molar-refractivity contribution in [3.63, 3.8) is 0 Å². The number of carbonyl (C=O) groups is 2. The summed E-state index contributed by atoms with van der Waals surface area (Å²) in [5, 5.41) is 3.70. The lowest BCUT2D eigenvalue weighted by Crippen LogP contribution is -2.40. The highest BCUT2D eigenvalue weighted by molar-refractivity contribution is 6.07. The van der Waals surface area contributed by atoms with Gasteiger partial charge in [-0.2, -0.15) is 0 Å². The SMILES string of the molecule is Cc1cc(C)cc(CN2C(=O)NC(C)(c3cc4ccccc4o3)C2=O)c1. The standard InChI is InChI=1S/C21H20N2O3/c1-13-8-14(2)10-15(9-13)12-23-19(24)21(3,22-20(23)25)18-11-16-6-4-5-7-17(16)26-18/h4-11H,12H2,1-3H3,(H,22,25). The first-order chi connectivity index (χ1) is 12.4. The maximum absolute atomic E-state index is 13.1. The fourth-order valence-corrected chi connectivity index (χ4v) is 3.58. The first kappa shape index (κ1) is 16.4. The van der Waals surface area contributed by atoms with Crippen LogP contribution in [-0.4, -0.2) is 16.8 Å². The molecule has 0 aliphatic carbocycles. The summed E-state index contributed by atoms with van der Waals surface area (Å²) in [5.74, 6) is 0.140. The van der Waals surface area contributed by atoms with Crippen molar-refractivity contribution in [3.8, 4) is 0 Å². The fourth-order valence-electron chi connectivity index (χ4n) is 3.58. The molecule has 4 rings (SSSR count). The highest BCUT2D eigenvalue weighted by atomic mass is 16.3. The Hall–Kier alpha value is -3.08. The maximum Gasteiger partial charge on any atom is 0.325 e. The zero-order valence-corrected chi connectivity index (χ0v) is 15.0. The summed E-state index contributed by atoms with van der Waals surface area (Å²) in [4.78, 5) is 26.8. The van der Waals surface area contributed by atoms with E-state index in [0.29, 0.717) is 11.3 Å². The predicted molar refractivity (Wildman–Crippen MR) is 98.6 cm³/mol. The van der Waals surface area contributed by atoms with E-state index in [1.165, 1.54) is 4.90 Å². The van der Waals surface area contributed by atoms with Crippen LogP contribution in [0.4, 0.5) is 4.79 Å². The molecule has 1 aromatic heterocycles. The summed E-state index contributed by atoms with van der Waals surface area (Å²) < 4.78 is 5.85. The van der Waals surface area contributed by atoms with Gasteiger partial charge in [0.2, 0.25) is 0 Å². The number of amides is 3. The first-order valence-electron chi connectivity index (χ1n) is 8.57. The first-order valence-corrected chi connectivity index (χ1v) is 8.57. The molecule has 1 aliphatic heterocycles. The number of imide groups is 1. The van der Waals surface area contributed by atoms with Crippen LogP contribution in [0.1, 0.15) is 29.4 Å². The van der Waals surface area contributed by atoms with Gasteiger partial charge < -0.3 is 9.73 Å². The van der Waals surface area contributed by atoms with Crippen molar-refractivity contribution in [2.24, 2.45) is 0 Å². The second-order valence-electron chi connectivity index (χ2n) is 7.09. The lowest BCUT2D eigenvalue weighted by Gasteiger charge is -2.19. The molecule has 0 saturated carbocycles. The second kappa shape index (κ2) is 5.73. The summed E-state index contributed by atoms with van der Waals surface area (Å²) in [6.45, 7) is 5.93. The van der Waals surface area contributed by atoms with Gasteiger partial charge in [-0.25, -0.2) is 4.79 Å². The van der Waals surface area contributed by atoms with Gasteiger partial charge in [-0.1, -0.05) is 47.5 Å². The second-order valence-corrected chi connectivity index (χ2v) is 7.09. The van der Waals surface area contributed by atoms with E-state index in [1.54, 1.807) is 6.92 Å². The molecular formula is C21H20N2O3. The number of nitrogens with one attached hydrogen (secondary N) is 1. The molecule has 5 heteroatoms. The van der Waals surface area contributed by atoms with Crippen molar-refractivity contribution in [2.75, 3.05) is 0 Å². The smallest absolute Gasteiger partial charge is 0.325 e. The Morgan fingerprint density at radius 2 is 1.73 bits per heavy atom. The van der Waals surface area contributed by atoms with Crippen LogP contribution in [-0.2, 0) is 16.9 Å². The molecule has 1 fully saturated rings. The Balaban J connectivity index is 1.67. The molecule has 0 spiro atoms. The van der Waals surface area contributed by atoms with Crippen LogP contribution in [0.3, 0.4) is 0 Å². The number of hydrogen-bond donors (Lipinski definition) is 1. The van der Waals surface area contributed by atoms with Crippen molar-refractivity contribution in [1.82, 2.24) is 10.2 Å². The van der Waals surface area contributed by atoms with Crippen LogP contribution in [0.5, 0.6) is 0 Å². The largest absolute Gasteiger partial charge is 0.458 e. The van der Waals surface area contributed by atoms with Crippen LogP contribution in [0, 0.1) is 13.8 Å². The van der Waals surface area contributed by atoms with Crippen LogP contribution < -0.4 is 5.32 Å². The minimum Gasteiger partial charge on any atom is -0.458 e. The van der Waals surface area contributed by atoms with Gasteiger partial charge in [-0.05, 0) is 38.5 Å². The number of para-hydroxylation sites is 1. The molecule has 2 heterocycles. The number of furan rings is 1. The van der Waals surface area contributed by atoms with Gasteiger partial charge in [0.15, 0.2) is 5.54 Å². The fraction of sp³-hybridized carbons (Fsp3) is 0.238. The maximum atomic E-state index is 13.1. The quantitative estimate of drug-likeness (QED) is 0.727. The third kappa shape index (κ3) is 2.56. The van der Waals surface area contributed by atoms with Gasteiger partial charge in [0.1, 0.15) is 11.3 Å². The molecule has 1 unspecified atom stereocenters. The molecule has 0 radical (unpaired) electrons. The summed E-state index contributed by atoms with van der Waals surface area (Å²) in [7, 11) is 0. The summed E-state index contributed by atoms with van der Waals surface area (Å²) in [5.41, 5.74) is 2.63. The lowest BCUT2D eigenvalue weighted by atomic mass is 9.98. The number of hydrogen-bond acceptors (Lipinski definition) is 3. The Morgan fingerprint density at radius 3 is 2.42 bits per heavy atom. The van der Waals surface area contributed by atoms with Crippen LogP contribution in [0.2, 0.25) is 0 Å². The zero-order chi connectivity index (χ0) is 18.5. The van der Waals surface area contributed by atoms with Gasteiger partial charge in [0, 0.05) is 5.39 Å². The van der Waals surface area contributed by atoms with Crippen molar-refractivity contribution < 1.29 is 14.0 Å². The minimum absolute atomic E-state index is 0.239. The Kier molecular flexibility index (Phi) is 3.61. The van der Waals surface area contributed by atoms with Crippen LogP contribution >= 0.6 is 0 Å². The Labute approximate surface area is 151 Å². The van der Waals surface area contributed by atoms with Gasteiger partial charge >= 0.3 is 6.03 Å². The zero-order valence-electron chi connectivity index (χ0n) is 15.0. The van der Waals surface area contributed by atoms with E-state index in [1.807, 2.05) is 56.3 Å². The molecule has 1 aliphatic rings. The van der Waals surface area contributed by atoms with Crippen LogP contribution in [0.15, 0.2) is 52.9 Å². The van der Waals surface area contributed by atoms with E-state index in [0.717, 1.165) is 22.1 Å². The molecule has 132 valence electrons. The molecular weight excluding hydrogens is 328 g/mol. The van der Waals surface area contributed by atoms with E-state index >= 15 is 0 Å². The minimum atomic E-state index is -1.20. The highest BCUT2D eigenvalue weighted by Crippen LogP contribution is 2.33. The lowest BCUT2D eigenvalue weighted by molar-refractivity contribution is -0.132. The predicted octanol–water partition coefficient (Wildman–Crippen LogP) is 4.02. The molecule has 5 nitrogen and oxygen atoms in total. The average Bonchev–Trinajstić information content (AvgIpc) is 3.10. The topological polar surface area (TPSA) is 62.6 Å². The summed E-state index contributed by atoms with van der Waals surface area (Å²) in [6.07, 6.45) is 0. The Morgan fingerprint density at radius 1 is 1.04 bits per heavy atom. The summed E-state index contributed by atoms with van der Waals surface area (Å²) >= 11 is 0. The average molecular weight is 348 g/mol. The monoisotopic (exact) mass is 348 g/mol. The number of nitrogens with zero attached hydrogens (tertiary/aromatic N) is 1. The molecule has 2 aromatic carbocycles. The van der Waals surface area contributed by atoms with E-state index in [9.17, 15) is 9.59 Å². The highest BCUT2D eigenvalue weighted by Gasteiger charge is 2.51. The van der Waals surface area contributed by atoms with E-state index in [4.69, 9.17) is 4.42 Å². The number of aryl methyl sites for hydroxylation is 2. The van der Waals surface area contributed by atoms with Gasteiger partial charge in [0.05, 0.1) is 6.54 Å². The van der Waals surface area contributed by atoms with Gasteiger partial charge in [-0.3, -0.25) is 9.69 Å². The van der Waals surface area contributed by atoms with E-state index in [-0.39, 0.29) is 12.5 Å². The van der Waals surface area contributed by atoms with Crippen LogP contribution in [0.25, 0.3) is 11.0 Å². The molecule has 1 atom stereocenters. The Bertz CT molecular complexity index is 983. The van der Waals surface area contributed by atoms with Gasteiger partial charge in [0.25, 0.3) is 5.91 Å². The molecule has 1 saturated heterocycles. The summed E-state index contributed by atoms with van der Waals surface area (Å²) in [6, 6.07) is 15.0. The number of urea groups is 1. The third-order valence-electron chi connectivity index (χ3n) is 4.82. The number of benzene rings is 2. The van der Waals surface area contributed by atoms with Crippen molar-refractivity contribution in [3.05, 3.63) is 71.0 Å². The number of fused-ring (bicyclic) bond motifs is 1. The van der Waals surface area contributed by atoms with E-state index in [2.05, 4.69) is 11.4 Å². The molecule has 1 N–H and O–H groups in total. The molecule has 0 bridgehead atoms.